The van der Waals surface area contributed by atoms with Gasteiger partial charge < -0.3 is 14.2 Å². The van der Waals surface area contributed by atoms with E-state index in [1.165, 1.54) is 55.6 Å². The molecule has 226 valence electrons. The Morgan fingerprint density at radius 2 is 1.43 bits per heavy atom. The third-order valence-electron chi connectivity index (χ3n) is 9.63. The van der Waals surface area contributed by atoms with Gasteiger partial charge in [0.05, 0.1) is 25.4 Å². The second-order valence-electron chi connectivity index (χ2n) is 12.7. The number of ether oxygens (including phenoxy) is 3. The molecule has 2 heterocycles. The zero-order valence-electron chi connectivity index (χ0n) is 26.0. The summed E-state index contributed by atoms with van der Waals surface area (Å²) in [6, 6.07) is 37.0. The van der Waals surface area contributed by atoms with Crippen molar-refractivity contribution in [2.75, 3.05) is 0 Å². The van der Waals surface area contributed by atoms with E-state index in [4.69, 9.17) is 14.2 Å². The molecule has 2 fully saturated rings. The molecule has 5 aromatic rings. The van der Waals surface area contributed by atoms with Crippen LogP contribution in [-0.4, -0.2) is 18.3 Å². The van der Waals surface area contributed by atoms with Crippen molar-refractivity contribution in [3.05, 3.63) is 141 Å². The Bertz CT molecular complexity index is 1670. The topological polar surface area (TPSA) is 27.7 Å². The van der Waals surface area contributed by atoms with E-state index in [0.717, 1.165) is 18.4 Å². The Kier molecular flexibility index (Phi) is 8.43. The summed E-state index contributed by atoms with van der Waals surface area (Å²) in [6.45, 7) is 7.82. The van der Waals surface area contributed by atoms with Gasteiger partial charge in [0.25, 0.3) is 0 Å². The normalized spacial score (nSPS) is 22.7. The van der Waals surface area contributed by atoms with Crippen LogP contribution in [0.1, 0.15) is 77.0 Å². The van der Waals surface area contributed by atoms with Gasteiger partial charge in [-0.15, -0.1) is 11.3 Å². The van der Waals surface area contributed by atoms with Gasteiger partial charge in [-0.1, -0.05) is 97.9 Å². The molecule has 1 saturated heterocycles. The van der Waals surface area contributed by atoms with E-state index in [9.17, 15) is 0 Å². The molecule has 1 aromatic heterocycles. The molecule has 1 unspecified atom stereocenters. The predicted octanol–water partition coefficient (Wildman–Crippen LogP) is 10.0. The number of hydrogen-bond acceptors (Lipinski definition) is 4. The second kappa shape index (κ2) is 12.6. The zero-order chi connectivity index (χ0) is 30.1. The molecular formula is C40H42O3S. The Morgan fingerprint density at radius 1 is 0.773 bits per heavy atom. The Morgan fingerprint density at radius 3 is 2.09 bits per heavy atom. The van der Waals surface area contributed by atoms with Gasteiger partial charge in [0.2, 0.25) is 0 Å². The van der Waals surface area contributed by atoms with Gasteiger partial charge in [-0.2, -0.15) is 0 Å². The van der Waals surface area contributed by atoms with E-state index >= 15 is 0 Å². The number of fused-ring (bicyclic) bond motifs is 1. The molecular weight excluding hydrogens is 561 g/mol. The van der Waals surface area contributed by atoms with Crippen molar-refractivity contribution >= 4 is 21.4 Å². The zero-order valence-corrected chi connectivity index (χ0v) is 26.8. The predicted molar refractivity (Wildman–Crippen MR) is 180 cm³/mol. The molecule has 0 spiro atoms. The van der Waals surface area contributed by atoms with Crippen LogP contribution in [0, 0.1) is 13.8 Å². The summed E-state index contributed by atoms with van der Waals surface area (Å²) >= 11 is 1.96. The molecule has 1 aliphatic carbocycles. The van der Waals surface area contributed by atoms with Crippen molar-refractivity contribution in [2.24, 2.45) is 0 Å². The summed E-state index contributed by atoms with van der Waals surface area (Å²) < 4.78 is 21.9. The number of benzene rings is 4. The average molecular weight is 603 g/mol. The lowest BCUT2D eigenvalue weighted by atomic mass is 9.83. The van der Waals surface area contributed by atoms with Crippen LogP contribution in [0.25, 0.3) is 10.1 Å². The van der Waals surface area contributed by atoms with Gasteiger partial charge in [0, 0.05) is 21.4 Å². The van der Waals surface area contributed by atoms with E-state index in [2.05, 4.69) is 124 Å². The van der Waals surface area contributed by atoms with Gasteiger partial charge in [-0.3, -0.25) is 0 Å². The van der Waals surface area contributed by atoms with Gasteiger partial charge in [0.1, 0.15) is 12.2 Å². The van der Waals surface area contributed by atoms with Crippen LogP contribution in [0.3, 0.4) is 0 Å². The van der Waals surface area contributed by atoms with Crippen LogP contribution >= 0.6 is 11.3 Å². The molecule has 1 aliphatic heterocycles. The van der Waals surface area contributed by atoms with Crippen LogP contribution < -0.4 is 0 Å². The largest absolute Gasteiger partial charge is 0.371 e. The maximum Gasteiger partial charge on any atom is 0.114 e. The Balaban J connectivity index is 1.25. The fourth-order valence-corrected chi connectivity index (χ4v) is 8.35. The van der Waals surface area contributed by atoms with Crippen molar-refractivity contribution in [1.29, 1.82) is 0 Å². The van der Waals surface area contributed by atoms with E-state index in [-0.39, 0.29) is 29.8 Å². The smallest absolute Gasteiger partial charge is 0.114 e. The fraction of sp³-hybridized carbons (Fsp3) is 0.350. The van der Waals surface area contributed by atoms with Gasteiger partial charge in [-0.05, 0) is 84.0 Å². The van der Waals surface area contributed by atoms with Gasteiger partial charge >= 0.3 is 0 Å². The molecule has 3 nitrogen and oxygen atoms in total. The van der Waals surface area contributed by atoms with Crippen LogP contribution in [0.2, 0.25) is 0 Å². The molecule has 0 amide bonds. The monoisotopic (exact) mass is 602 g/mol. The van der Waals surface area contributed by atoms with E-state index in [0.29, 0.717) is 13.2 Å². The van der Waals surface area contributed by atoms with Crippen molar-refractivity contribution in [1.82, 2.24) is 0 Å². The van der Waals surface area contributed by atoms with Gasteiger partial charge in [-0.25, -0.2) is 0 Å². The molecule has 4 heteroatoms. The Hall–Kier alpha value is -3.28. The minimum absolute atomic E-state index is 0.0794. The van der Waals surface area contributed by atoms with Crippen LogP contribution in [0.5, 0.6) is 0 Å². The highest BCUT2D eigenvalue weighted by atomic mass is 32.1. The van der Waals surface area contributed by atoms with Crippen molar-refractivity contribution in [3.63, 3.8) is 0 Å². The summed E-state index contributed by atoms with van der Waals surface area (Å²) in [5.74, 6) is 0. The van der Waals surface area contributed by atoms with Crippen LogP contribution in [-0.2, 0) is 32.8 Å². The third-order valence-corrected chi connectivity index (χ3v) is 10.9. The molecule has 4 atom stereocenters. The summed E-state index contributed by atoms with van der Waals surface area (Å²) in [4.78, 5) is 1.48. The van der Waals surface area contributed by atoms with E-state index in [1.807, 2.05) is 11.3 Å². The minimum atomic E-state index is -0.226. The molecule has 0 N–H and O–H groups in total. The lowest BCUT2D eigenvalue weighted by Crippen LogP contribution is -2.46. The minimum Gasteiger partial charge on any atom is -0.371 e. The van der Waals surface area contributed by atoms with Crippen LogP contribution in [0.4, 0.5) is 0 Å². The molecule has 0 bridgehead atoms. The first-order valence-corrected chi connectivity index (χ1v) is 16.9. The van der Waals surface area contributed by atoms with Crippen molar-refractivity contribution in [2.45, 2.75) is 89.5 Å². The molecule has 44 heavy (non-hydrogen) atoms. The Labute approximate surface area is 265 Å². The molecule has 7 rings (SSSR count). The van der Waals surface area contributed by atoms with Crippen molar-refractivity contribution in [3.8, 4) is 0 Å². The number of rotatable bonds is 10. The maximum atomic E-state index is 6.97. The molecule has 1 saturated carbocycles. The third kappa shape index (κ3) is 5.89. The number of hydrogen-bond donors (Lipinski definition) is 0. The lowest BCUT2D eigenvalue weighted by Gasteiger charge is -2.42. The first-order chi connectivity index (χ1) is 21.5. The highest BCUT2D eigenvalue weighted by Gasteiger charge is 2.49. The summed E-state index contributed by atoms with van der Waals surface area (Å²) in [5, 5.41) is 1.35. The van der Waals surface area contributed by atoms with E-state index in [1.54, 1.807) is 0 Å². The molecule has 2 aliphatic rings. The quantitative estimate of drug-likeness (QED) is 0.159. The molecule has 4 aromatic carbocycles. The second-order valence-corrected chi connectivity index (χ2v) is 13.8. The molecule has 0 radical (unpaired) electrons. The standard InChI is InChI=1S/C40H42O3S/c1-4-32-23-35(41-25-29-13-7-5-8-14-29)39(42-26-30-15-9-6-10-16-30)38(43-32)33-24-34(28(3)21-27(33)2)40(19-20-40)37-22-31-17-11-12-18-36(31)44-37/h5-18,21-22,24,32,35,38-39H,4,19-20,23,25-26H2,1-3H3/t32-,35+,38?,39-/m1/s1. The lowest BCUT2D eigenvalue weighted by molar-refractivity contribution is -0.211. The van der Waals surface area contributed by atoms with Crippen molar-refractivity contribution < 1.29 is 14.2 Å². The fourth-order valence-electron chi connectivity index (χ4n) is 7.03. The average Bonchev–Trinajstić information content (AvgIpc) is 3.74. The number of thiophene rings is 1. The number of aryl methyl sites for hydroxylation is 2. The summed E-state index contributed by atoms with van der Waals surface area (Å²) in [5.41, 5.74) is 7.72. The van der Waals surface area contributed by atoms with E-state index < -0.39 is 0 Å². The maximum absolute atomic E-state index is 6.97. The highest BCUT2D eigenvalue weighted by Crippen LogP contribution is 2.57. The first-order valence-electron chi connectivity index (χ1n) is 16.1. The SMILES string of the molecule is CC[C@@H]1C[C@H](OCc2ccccc2)[C@@H](OCc2ccccc2)C(c2cc(C3(c4cc5ccccc5s4)CC3)c(C)cc2C)O1. The van der Waals surface area contributed by atoms with Crippen LogP contribution in [0.15, 0.2) is 103 Å². The summed E-state index contributed by atoms with van der Waals surface area (Å²) in [7, 11) is 0. The highest BCUT2D eigenvalue weighted by molar-refractivity contribution is 7.19. The summed E-state index contributed by atoms with van der Waals surface area (Å²) in [6.07, 6.45) is 3.72. The first kappa shape index (κ1) is 29.4. The van der Waals surface area contributed by atoms with Gasteiger partial charge in [0.15, 0.2) is 0 Å².